The average molecular weight is 531 g/mol. The highest BCUT2D eigenvalue weighted by molar-refractivity contribution is 14.0. The second kappa shape index (κ2) is 15.0. The summed E-state index contributed by atoms with van der Waals surface area (Å²) in [5.74, 6) is 2.18. The van der Waals surface area contributed by atoms with Crippen molar-refractivity contribution in [3.8, 4) is 0 Å². The molecule has 7 heteroatoms. The molecule has 2 aliphatic rings. The van der Waals surface area contributed by atoms with E-state index in [1.54, 1.807) is 0 Å². The number of nitrogens with one attached hydrogen (secondary N) is 1. The van der Waals surface area contributed by atoms with Crippen LogP contribution in [0.3, 0.4) is 0 Å². The first-order valence-corrected chi connectivity index (χ1v) is 11.2. The smallest absolute Gasteiger partial charge is 0.193 e. The van der Waals surface area contributed by atoms with Crippen LogP contribution < -0.4 is 5.32 Å². The molecule has 2 unspecified atom stereocenters. The molecule has 0 aliphatic carbocycles. The lowest BCUT2D eigenvalue weighted by Gasteiger charge is -2.21. The standard InChI is InChI=1S/C23H37N3O3.HI/c1-2-24-23(25-11-6-13-27-18-22-10-14-28-19-22)26-12-9-21(15-26)17-29-16-20-7-4-3-5-8-20;/h3-5,7-8,21-22H,2,6,9-19H2,1H3,(H,24,25);1H. The van der Waals surface area contributed by atoms with Crippen molar-refractivity contribution in [2.75, 3.05) is 59.2 Å². The molecule has 2 atom stereocenters. The van der Waals surface area contributed by atoms with Crippen LogP contribution in [0, 0.1) is 11.8 Å². The summed E-state index contributed by atoms with van der Waals surface area (Å²) in [5.41, 5.74) is 1.24. The summed E-state index contributed by atoms with van der Waals surface area (Å²) in [6.07, 6.45) is 3.25. The van der Waals surface area contributed by atoms with Crippen molar-refractivity contribution < 1.29 is 14.2 Å². The van der Waals surface area contributed by atoms with Gasteiger partial charge < -0.3 is 24.4 Å². The van der Waals surface area contributed by atoms with Crippen LogP contribution in [0.5, 0.6) is 0 Å². The summed E-state index contributed by atoms with van der Waals surface area (Å²) in [6.45, 7) is 10.7. The molecule has 6 nitrogen and oxygen atoms in total. The molecule has 0 bridgehead atoms. The molecule has 2 aliphatic heterocycles. The van der Waals surface area contributed by atoms with Gasteiger partial charge in [0.15, 0.2) is 5.96 Å². The van der Waals surface area contributed by atoms with E-state index in [4.69, 9.17) is 19.2 Å². The topological polar surface area (TPSA) is 55.3 Å². The van der Waals surface area contributed by atoms with Crippen LogP contribution in [-0.2, 0) is 20.8 Å². The van der Waals surface area contributed by atoms with E-state index in [0.717, 1.165) is 84.4 Å². The number of aliphatic imine (C=N–C) groups is 1. The molecule has 0 radical (unpaired) electrons. The van der Waals surface area contributed by atoms with Crippen molar-refractivity contribution in [2.45, 2.75) is 32.8 Å². The summed E-state index contributed by atoms with van der Waals surface area (Å²) in [4.78, 5) is 7.18. The van der Waals surface area contributed by atoms with Crippen molar-refractivity contribution in [3.05, 3.63) is 35.9 Å². The number of rotatable bonds is 11. The van der Waals surface area contributed by atoms with E-state index in [9.17, 15) is 0 Å². The second-order valence-electron chi connectivity index (χ2n) is 8.00. The molecule has 170 valence electrons. The molecule has 0 spiro atoms. The minimum Gasteiger partial charge on any atom is -0.381 e. The Morgan fingerprint density at radius 1 is 1.17 bits per heavy atom. The molecule has 2 heterocycles. The Morgan fingerprint density at radius 3 is 2.77 bits per heavy atom. The number of halogens is 1. The zero-order chi connectivity index (χ0) is 20.2. The van der Waals surface area contributed by atoms with Crippen LogP contribution in [0.1, 0.15) is 31.7 Å². The first-order valence-electron chi connectivity index (χ1n) is 11.2. The molecule has 1 N–H and O–H groups in total. The molecule has 0 saturated carbocycles. The van der Waals surface area contributed by atoms with E-state index in [2.05, 4.69) is 41.4 Å². The van der Waals surface area contributed by atoms with Gasteiger partial charge in [0.2, 0.25) is 0 Å². The maximum atomic E-state index is 5.95. The molecule has 0 aromatic heterocycles. The second-order valence-corrected chi connectivity index (χ2v) is 8.00. The number of hydrogen-bond acceptors (Lipinski definition) is 4. The van der Waals surface area contributed by atoms with Gasteiger partial charge >= 0.3 is 0 Å². The molecular formula is C23H38IN3O3. The van der Waals surface area contributed by atoms with Crippen molar-refractivity contribution in [3.63, 3.8) is 0 Å². The molecule has 1 aromatic rings. The van der Waals surface area contributed by atoms with Crippen LogP contribution in [0.15, 0.2) is 35.3 Å². The third-order valence-electron chi connectivity index (χ3n) is 5.47. The molecule has 1 aromatic carbocycles. The molecule has 2 saturated heterocycles. The molecule has 2 fully saturated rings. The fourth-order valence-corrected chi connectivity index (χ4v) is 3.82. The largest absolute Gasteiger partial charge is 0.381 e. The van der Waals surface area contributed by atoms with Gasteiger partial charge in [-0.2, -0.15) is 0 Å². The Labute approximate surface area is 198 Å². The highest BCUT2D eigenvalue weighted by atomic mass is 127. The number of nitrogens with zero attached hydrogens (tertiary/aromatic N) is 2. The van der Waals surface area contributed by atoms with Crippen LogP contribution in [0.25, 0.3) is 0 Å². The van der Waals surface area contributed by atoms with Gasteiger partial charge in [-0.25, -0.2) is 0 Å². The Bertz CT molecular complexity index is 597. The maximum absolute atomic E-state index is 5.95. The van der Waals surface area contributed by atoms with E-state index >= 15 is 0 Å². The molecular weight excluding hydrogens is 493 g/mol. The Balaban J connectivity index is 0.00000320. The van der Waals surface area contributed by atoms with Crippen molar-refractivity contribution >= 4 is 29.9 Å². The minimum absolute atomic E-state index is 0. The first-order chi connectivity index (χ1) is 14.3. The zero-order valence-corrected chi connectivity index (χ0v) is 20.6. The predicted molar refractivity (Wildman–Crippen MR) is 132 cm³/mol. The van der Waals surface area contributed by atoms with E-state index in [-0.39, 0.29) is 24.0 Å². The van der Waals surface area contributed by atoms with Crippen LogP contribution in [0.4, 0.5) is 0 Å². The summed E-state index contributed by atoms with van der Waals surface area (Å²) < 4.78 is 17.1. The third-order valence-corrected chi connectivity index (χ3v) is 5.47. The van der Waals surface area contributed by atoms with Gasteiger partial charge in [-0.15, -0.1) is 24.0 Å². The average Bonchev–Trinajstić information content (AvgIpc) is 3.43. The van der Waals surface area contributed by atoms with E-state index < -0.39 is 0 Å². The Kier molecular flexibility index (Phi) is 12.7. The lowest BCUT2D eigenvalue weighted by molar-refractivity contribution is 0.0892. The number of ether oxygens (including phenoxy) is 3. The number of hydrogen-bond donors (Lipinski definition) is 1. The lowest BCUT2D eigenvalue weighted by atomic mass is 10.1. The number of guanidine groups is 1. The number of likely N-dealkylation sites (tertiary alicyclic amines) is 1. The monoisotopic (exact) mass is 531 g/mol. The van der Waals surface area contributed by atoms with Crippen LogP contribution in [0.2, 0.25) is 0 Å². The summed E-state index contributed by atoms with van der Waals surface area (Å²) in [5, 5.41) is 3.44. The molecule has 30 heavy (non-hydrogen) atoms. The van der Waals surface area contributed by atoms with Gasteiger partial charge in [-0.3, -0.25) is 4.99 Å². The Hall–Kier alpha value is -0.900. The van der Waals surface area contributed by atoms with Gasteiger partial charge in [-0.1, -0.05) is 30.3 Å². The highest BCUT2D eigenvalue weighted by Gasteiger charge is 2.25. The first kappa shape index (κ1) is 25.4. The molecule has 0 amide bonds. The Morgan fingerprint density at radius 2 is 2.00 bits per heavy atom. The number of benzene rings is 1. The minimum atomic E-state index is 0. The van der Waals surface area contributed by atoms with Gasteiger partial charge in [0.1, 0.15) is 0 Å². The van der Waals surface area contributed by atoms with Crippen LogP contribution >= 0.6 is 24.0 Å². The third kappa shape index (κ3) is 9.08. The van der Waals surface area contributed by atoms with Gasteiger partial charge in [0.25, 0.3) is 0 Å². The predicted octanol–water partition coefficient (Wildman–Crippen LogP) is 3.55. The maximum Gasteiger partial charge on any atom is 0.193 e. The van der Waals surface area contributed by atoms with E-state index in [1.807, 2.05) is 6.07 Å². The fourth-order valence-electron chi connectivity index (χ4n) is 3.82. The van der Waals surface area contributed by atoms with Gasteiger partial charge in [0.05, 0.1) is 26.4 Å². The van der Waals surface area contributed by atoms with E-state index in [1.165, 1.54) is 5.56 Å². The van der Waals surface area contributed by atoms with Gasteiger partial charge in [0, 0.05) is 51.2 Å². The summed E-state index contributed by atoms with van der Waals surface area (Å²) >= 11 is 0. The van der Waals surface area contributed by atoms with Crippen molar-refractivity contribution in [1.29, 1.82) is 0 Å². The molecule has 3 rings (SSSR count). The highest BCUT2D eigenvalue weighted by Crippen LogP contribution is 2.17. The van der Waals surface area contributed by atoms with Crippen molar-refractivity contribution in [1.82, 2.24) is 10.2 Å². The fraction of sp³-hybridized carbons (Fsp3) is 0.696. The van der Waals surface area contributed by atoms with Crippen LogP contribution in [-0.4, -0.2) is 70.1 Å². The van der Waals surface area contributed by atoms with E-state index in [0.29, 0.717) is 18.4 Å². The summed E-state index contributed by atoms with van der Waals surface area (Å²) in [6, 6.07) is 10.4. The zero-order valence-electron chi connectivity index (χ0n) is 18.3. The summed E-state index contributed by atoms with van der Waals surface area (Å²) in [7, 11) is 0. The lowest BCUT2D eigenvalue weighted by Crippen LogP contribution is -2.40. The SMILES string of the molecule is CCNC(=NCCCOCC1CCOC1)N1CCC(COCc2ccccc2)C1.I. The van der Waals surface area contributed by atoms with Crippen molar-refractivity contribution in [2.24, 2.45) is 16.8 Å². The quantitative estimate of drug-likeness (QED) is 0.205. The van der Waals surface area contributed by atoms with Gasteiger partial charge in [-0.05, 0) is 31.7 Å². The normalized spacial score (nSPS) is 21.6.